The summed E-state index contributed by atoms with van der Waals surface area (Å²) in [7, 11) is 0. The number of benzene rings is 1. The molecular weight excluding hydrogens is 253 g/mol. The number of Topliss-reactive ketones (excluding diaryl/α,β-unsaturated/α-hetero) is 1. The number of rotatable bonds is 2. The van der Waals surface area contributed by atoms with Crippen molar-refractivity contribution in [2.45, 2.75) is 19.3 Å². The lowest BCUT2D eigenvalue weighted by Gasteiger charge is -2.07. The van der Waals surface area contributed by atoms with Crippen molar-refractivity contribution in [2.24, 2.45) is 29.6 Å². The number of ketones is 1. The van der Waals surface area contributed by atoms with Crippen molar-refractivity contribution in [3.8, 4) is 0 Å². The SMILES string of the molecule is O=C(c1c[nH]c2cc(F)ccc12)C1C2C3CCC(C3)C12. The molecule has 1 aromatic heterocycles. The van der Waals surface area contributed by atoms with Gasteiger partial charge in [0.15, 0.2) is 5.78 Å². The maximum absolute atomic E-state index is 13.2. The van der Waals surface area contributed by atoms with Gasteiger partial charge in [0, 0.05) is 28.6 Å². The molecule has 4 atom stereocenters. The van der Waals surface area contributed by atoms with Crippen molar-refractivity contribution < 1.29 is 9.18 Å². The number of aromatic nitrogens is 1. The highest BCUT2D eigenvalue weighted by Crippen LogP contribution is 2.70. The molecule has 3 aliphatic rings. The molecule has 2 aromatic rings. The Balaban J connectivity index is 1.52. The third-order valence-corrected chi connectivity index (χ3v) is 5.95. The van der Waals surface area contributed by atoms with Gasteiger partial charge in [-0.2, -0.15) is 0 Å². The lowest BCUT2D eigenvalue weighted by Crippen LogP contribution is -2.09. The van der Waals surface area contributed by atoms with E-state index in [9.17, 15) is 9.18 Å². The van der Waals surface area contributed by atoms with Gasteiger partial charge < -0.3 is 4.98 Å². The van der Waals surface area contributed by atoms with Crippen LogP contribution in [0.15, 0.2) is 24.4 Å². The normalized spacial score (nSPS) is 37.4. The molecule has 1 heterocycles. The molecule has 102 valence electrons. The maximum Gasteiger partial charge on any atom is 0.168 e. The first kappa shape index (κ1) is 11.1. The summed E-state index contributed by atoms with van der Waals surface area (Å²) in [5.74, 6) is 3.21. The van der Waals surface area contributed by atoms with Gasteiger partial charge in [-0.05, 0) is 61.1 Å². The summed E-state index contributed by atoms with van der Waals surface area (Å²) in [5.41, 5.74) is 1.49. The monoisotopic (exact) mass is 269 g/mol. The van der Waals surface area contributed by atoms with Crippen LogP contribution < -0.4 is 0 Å². The number of hydrogen-bond donors (Lipinski definition) is 1. The standard InChI is InChI=1S/C17H16FNO/c18-10-3-4-11-12(7-19-13(11)6-10)17(20)16-14-8-1-2-9(5-8)15(14)16/h3-4,6-9,14-16,19H,1-2,5H2. The Bertz CT molecular complexity index is 718. The highest BCUT2D eigenvalue weighted by molar-refractivity contribution is 6.10. The van der Waals surface area contributed by atoms with Crippen LogP contribution in [-0.2, 0) is 0 Å². The van der Waals surface area contributed by atoms with Crippen LogP contribution in [0.25, 0.3) is 10.9 Å². The number of carbonyl (C=O) groups is 1. The molecule has 2 nitrogen and oxygen atoms in total. The predicted molar refractivity (Wildman–Crippen MR) is 73.9 cm³/mol. The molecule has 0 radical (unpaired) electrons. The van der Waals surface area contributed by atoms with E-state index in [0.717, 1.165) is 28.3 Å². The second-order valence-corrected chi connectivity index (χ2v) is 6.77. The van der Waals surface area contributed by atoms with Crippen LogP contribution in [0.5, 0.6) is 0 Å². The Hall–Kier alpha value is -1.64. The summed E-state index contributed by atoms with van der Waals surface area (Å²) in [5, 5.41) is 0.869. The number of aromatic amines is 1. The highest BCUT2D eigenvalue weighted by atomic mass is 19.1. The van der Waals surface area contributed by atoms with E-state index in [0.29, 0.717) is 11.8 Å². The van der Waals surface area contributed by atoms with E-state index >= 15 is 0 Å². The van der Waals surface area contributed by atoms with E-state index < -0.39 is 0 Å². The summed E-state index contributed by atoms with van der Waals surface area (Å²) in [6, 6.07) is 4.62. The molecule has 20 heavy (non-hydrogen) atoms. The van der Waals surface area contributed by atoms with E-state index in [-0.39, 0.29) is 17.5 Å². The van der Waals surface area contributed by atoms with Gasteiger partial charge in [-0.3, -0.25) is 4.79 Å². The van der Waals surface area contributed by atoms with Crippen LogP contribution in [0.1, 0.15) is 29.6 Å². The minimum Gasteiger partial charge on any atom is -0.360 e. The van der Waals surface area contributed by atoms with Crippen LogP contribution in [0, 0.1) is 35.4 Å². The number of nitrogens with one attached hydrogen (secondary N) is 1. The summed E-state index contributed by atoms with van der Waals surface area (Å²) < 4.78 is 13.2. The zero-order valence-corrected chi connectivity index (χ0v) is 11.1. The van der Waals surface area contributed by atoms with Crippen molar-refractivity contribution in [2.75, 3.05) is 0 Å². The molecule has 0 saturated heterocycles. The van der Waals surface area contributed by atoms with Gasteiger partial charge in [0.25, 0.3) is 0 Å². The van der Waals surface area contributed by atoms with Gasteiger partial charge in [0.1, 0.15) is 5.82 Å². The molecule has 1 aromatic carbocycles. The minimum atomic E-state index is -0.264. The Morgan fingerprint density at radius 2 is 1.95 bits per heavy atom. The molecule has 4 unspecified atom stereocenters. The fraction of sp³-hybridized carbons (Fsp3) is 0.471. The second kappa shape index (κ2) is 3.51. The Kier molecular flexibility index (Phi) is 1.94. The van der Waals surface area contributed by atoms with Gasteiger partial charge >= 0.3 is 0 Å². The minimum absolute atomic E-state index is 0.255. The van der Waals surface area contributed by atoms with E-state index in [1.54, 1.807) is 12.3 Å². The number of fused-ring (bicyclic) bond motifs is 6. The van der Waals surface area contributed by atoms with Crippen LogP contribution in [0.3, 0.4) is 0 Å². The largest absolute Gasteiger partial charge is 0.360 e. The third-order valence-electron chi connectivity index (χ3n) is 5.95. The molecule has 3 aliphatic carbocycles. The van der Waals surface area contributed by atoms with Gasteiger partial charge in [-0.25, -0.2) is 4.39 Å². The average Bonchev–Trinajstić information content (AvgIpc) is 2.80. The number of halogens is 1. The van der Waals surface area contributed by atoms with E-state index in [1.807, 2.05) is 0 Å². The summed E-state index contributed by atoms with van der Waals surface area (Å²) in [6.45, 7) is 0. The van der Waals surface area contributed by atoms with Gasteiger partial charge in [0.05, 0.1) is 0 Å². The van der Waals surface area contributed by atoms with E-state index in [1.165, 1.54) is 31.4 Å². The molecule has 0 aliphatic heterocycles. The van der Waals surface area contributed by atoms with Crippen molar-refractivity contribution in [1.82, 2.24) is 4.98 Å². The van der Waals surface area contributed by atoms with E-state index in [2.05, 4.69) is 4.98 Å². The van der Waals surface area contributed by atoms with Crippen molar-refractivity contribution >= 4 is 16.7 Å². The molecule has 0 amide bonds. The topological polar surface area (TPSA) is 32.9 Å². The molecule has 1 N–H and O–H groups in total. The molecule has 3 heteroatoms. The van der Waals surface area contributed by atoms with Crippen molar-refractivity contribution in [1.29, 1.82) is 0 Å². The van der Waals surface area contributed by atoms with Gasteiger partial charge in [0.2, 0.25) is 0 Å². The first-order valence-corrected chi connectivity index (χ1v) is 7.55. The molecular formula is C17H16FNO. The highest BCUT2D eigenvalue weighted by Gasteiger charge is 2.67. The van der Waals surface area contributed by atoms with Crippen LogP contribution in [0.4, 0.5) is 4.39 Å². The predicted octanol–water partition coefficient (Wildman–Crippen LogP) is 3.78. The maximum atomic E-state index is 13.2. The molecule has 3 saturated carbocycles. The Morgan fingerprint density at radius 3 is 2.70 bits per heavy atom. The fourth-order valence-corrected chi connectivity index (χ4v) is 5.16. The second-order valence-electron chi connectivity index (χ2n) is 6.77. The fourth-order valence-electron chi connectivity index (χ4n) is 5.16. The summed E-state index contributed by atoms with van der Waals surface area (Å²) >= 11 is 0. The van der Waals surface area contributed by atoms with Crippen molar-refractivity contribution in [3.05, 3.63) is 35.8 Å². The molecule has 0 spiro atoms. The smallest absolute Gasteiger partial charge is 0.168 e. The van der Waals surface area contributed by atoms with E-state index in [4.69, 9.17) is 0 Å². The summed E-state index contributed by atoms with van der Waals surface area (Å²) in [4.78, 5) is 15.8. The molecule has 3 fully saturated rings. The lowest BCUT2D eigenvalue weighted by atomic mass is 9.96. The van der Waals surface area contributed by atoms with Crippen LogP contribution >= 0.6 is 0 Å². The number of carbonyl (C=O) groups excluding carboxylic acids is 1. The van der Waals surface area contributed by atoms with Gasteiger partial charge in [-0.1, -0.05) is 0 Å². The zero-order chi connectivity index (χ0) is 13.4. The van der Waals surface area contributed by atoms with Gasteiger partial charge in [-0.15, -0.1) is 0 Å². The average molecular weight is 269 g/mol. The van der Waals surface area contributed by atoms with Crippen molar-refractivity contribution in [3.63, 3.8) is 0 Å². The quantitative estimate of drug-likeness (QED) is 0.827. The molecule has 2 bridgehead atoms. The first-order chi connectivity index (χ1) is 9.74. The summed E-state index contributed by atoms with van der Waals surface area (Å²) in [6.07, 6.45) is 5.78. The first-order valence-electron chi connectivity index (χ1n) is 7.55. The van der Waals surface area contributed by atoms with Crippen LogP contribution in [0.2, 0.25) is 0 Å². The third kappa shape index (κ3) is 1.26. The number of H-pyrrole nitrogens is 1. The number of hydrogen-bond acceptors (Lipinski definition) is 1. The lowest BCUT2D eigenvalue weighted by molar-refractivity contribution is 0.0946. The molecule has 5 rings (SSSR count). The Morgan fingerprint density at radius 1 is 1.20 bits per heavy atom. The Labute approximate surface area is 116 Å². The zero-order valence-electron chi connectivity index (χ0n) is 11.1. The van der Waals surface area contributed by atoms with Crippen LogP contribution in [-0.4, -0.2) is 10.8 Å².